The van der Waals surface area contributed by atoms with Crippen molar-refractivity contribution in [3.63, 3.8) is 0 Å². The van der Waals surface area contributed by atoms with Crippen LogP contribution in [0.5, 0.6) is 11.5 Å². The van der Waals surface area contributed by atoms with Crippen LogP contribution in [-0.4, -0.2) is 42.9 Å². The van der Waals surface area contributed by atoms with Crippen molar-refractivity contribution in [3.8, 4) is 22.8 Å². The van der Waals surface area contributed by atoms with Gasteiger partial charge in [0.05, 0.1) is 34.3 Å². The Bertz CT molecular complexity index is 1270. The van der Waals surface area contributed by atoms with Gasteiger partial charge in [-0.15, -0.1) is 0 Å². The molecule has 0 radical (unpaired) electrons. The van der Waals surface area contributed by atoms with Crippen LogP contribution in [0, 0.1) is 0 Å². The average Bonchev–Trinajstić information content (AvgIpc) is 3.42. The summed E-state index contributed by atoms with van der Waals surface area (Å²) in [6, 6.07) is 9.44. The van der Waals surface area contributed by atoms with E-state index in [1.54, 1.807) is 36.0 Å². The summed E-state index contributed by atoms with van der Waals surface area (Å²) < 4.78 is 8.35. The van der Waals surface area contributed by atoms with E-state index in [1.807, 2.05) is 24.3 Å². The second-order valence-electron chi connectivity index (χ2n) is 7.92. The lowest BCUT2D eigenvalue weighted by atomic mass is 9.93. The first-order chi connectivity index (χ1) is 15.5. The SMILES string of the molecule is CC(=O)n1cc(-c2cc(Oc3ccc4nc(N[C@@H]5CCCC[C@H]5O)sc4c3)ccn2)cn1. The number of fused-ring (bicyclic) bond motifs is 1. The summed E-state index contributed by atoms with van der Waals surface area (Å²) in [6.45, 7) is 1.46. The Morgan fingerprint density at radius 3 is 2.88 bits per heavy atom. The van der Waals surface area contributed by atoms with Crippen molar-refractivity contribution in [2.24, 2.45) is 0 Å². The summed E-state index contributed by atoms with van der Waals surface area (Å²) >= 11 is 1.55. The van der Waals surface area contributed by atoms with Gasteiger partial charge in [-0.2, -0.15) is 5.10 Å². The highest BCUT2D eigenvalue weighted by Gasteiger charge is 2.23. The lowest BCUT2D eigenvalue weighted by Gasteiger charge is -2.27. The van der Waals surface area contributed by atoms with Crippen LogP contribution in [0.1, 0.15) is 37.4 Å². The maximum Gasteiger partial charge on any atom is 0.243 e. The van der Waals surface area contributed by atoms with Gasteiger partial charge in [-0.1, -0.05) is 24.2 Å². The molecule has 9 heteroatoms. The summed E-state index contributed by atoms with van der Waals surface area (Å²) in [5, 5.41) is 18.5. The standard InChI is InChI=1S/C23H23N5O3S/c1-14(29)28-13-15(12-25-28)20-10-17(8-9-24-20)31-16-6-7-19-22(11-16)32-23(27-19)26-18-4-2-3-5-21(18)30/h6-13,18,21,30H,2-5H2,1H3,(H,26,27)/t18-,21-/m1/s1. The number of anilines is 1. The number of aliphatic hydroxyl groups is 1. The maximum absolute atomic E-state index is 11.5. The van der Waals surface area contributed by atoms with Crippen molar-refractivity contribution >= 4 is 32.6 Å². The van der Waals surface area contributed by atoms with E-state index in [0.717, 1.165) is 46.6 Å². The number of benzene rings is 1. The highest BCUT2D eigenvalue weighted by atomic mass is 32.1. The largest absolute Gasteiger partial charge is 0.457 e. The molecule has 3 aromatic heterocycles. The lowest BCUT2D eigenvalue weighted by Crippen LogP contribution is -2.36. The number of pyridine rings is 1. The molecule has 2 N–H and O–H groups in total. The van der Waals surface area contributed by atoms with Crippen molar-refractivity contribution in [1.82, 2.24) is 19.7 Å². The third-order valence-electron chi connectivity index (χ3n) is 5.57. The predicted octanol–water partition coefficient (Wildman–Crippen LogP) is 4.72. The number of hydrogen-bond donors (Lipinski definition) is 2. The number of carbonyl (C=O) groups excluding carboxylic acids is 1. The van der Waals surface area contributed by atoms with E-state index in [-0.39, 0.29) is 18.1 Å². The average molecular weight is 450 g/mol. The third kappa shape index (κ3) is 4.35. The number of nitrogens with zero attached hydrogens (tertiary/aromatic N) is 4. The van der Waals surface area contributed by atoms with Gasteiger partial charge < -0.3 is 15.2 Å². The number of rotatable bonds is 5. The Kier molecular flexibility index (Phi) is 5.59. The van der Waals surface area contributed by atoms with Crippen molar-refractivity contribution in [3.05, 3.63) is 48.9 Å². The monoisotopic (exact) mass is 449 g/mol. The Morgan fingerprint density at radius 2 is 2.06 bits per heavy atom. The highest BCUT2D eigenvalue weighted by molar-refractivity contribution is 7.22. The van der Waals surface area contributed by atoms with E-state index in [1.165, 1.54) is 11.6 Å². The zero-order chi connectivity index (χ0) is 22.1. The molecular weight excluding hydrogens is 426 g/mol. The van der Waals surface area contributed by atoms with Gasteiger partial charge >= 0.3 is 0 Å². The first kappa shape index (κ1) is 20.6. The molecule has 0 spiro atoms. The van der Waals surface area contributed by atoms with Crippen LogP contribution < -0.4 is 10.1 Å². The van der Waals surface area contributed by atoms with E-state index < -0.39 is 0 Å². The maximum atomic E-state index is 11.5. The third-order valence-corrected chi connectivity index (χ3v) is 6.52. The van der Waals surface area contributed by atoms with Gasteiger partial charge in [0.25, 0.3) is 0 Å². The van der Waals surface area contributed by atoms with Crippen LogP contribution in [0.3, 0.4) is 0 Å². The second-order valence-corrected chi connectivity index (χ2v) is 8.95. The van der Waals surface area contributed by atoms with Crippen molar-refractivity contribution in [2.45, 2.75) is 44.8 Å². The van der Waals surface area contributed by atoms with Crippen LogP contribution in [0.15, 0.2) is 48.9 Å². The van der Waals surface area contributed by atoms with Gasteiger partial charge in [-0.25, -0.2) is 9.67 Å². The normalized spacial score (nSPS) is 18.6. The summed E-state index contributed by atoms with van der Waals surface area (Å²) in [7, 11) is 0. The molecule has 1 aliphatic rings. The van der Waals surface area contributed by atoms with E-state index in [4.69, 9.17) is 4.74 Å². The molecule has 0 saturated heterocycles. The van der Waals surface area contributed by atoms with Gasteiger partial charge in [0, 0.05) is 37.0 Å². The fourth-order valence-electron chi connectivity index (χ4n) is 3.86. The topological polar surface area (TPSA) is 102 Å². The number of aliphatic hydroxyl groups excluding tert-OH is 1. The molecule has 1 aromatic carbocycles. The second kappa shape index (κ2) is 8.68. The zero-order valence-corrected chi connectivity index (χ0v) is 18.4. The molecule has 0 amide bonds. The summed E-state index contributed by atoms with van der Waals surface area (Å²) in [4.78, 5) is 20.5. The lowest BCUT2D eigenvalue weighted by molar-refractivity contribution is 0.0921. The number of hydrogen-bond acceptors (Lipinski definition) is 8. The molecule has 8 nitrogen and oxygen atoms in total. The van der Waals surface area contributed by atoms with Gasteiger partial charge in [0.2, 0.25) is 5.91 Å². The van der Waals surface area contributed by atoms with Crippen LogP contribution in [-0.2, 0) is 0 Å². The molecule has 1 aliphatic carbocycles. The van der Waals surface area contributed by atoms with Gasteiger partial charge in [0.15, 0.2) is 5.13 Å². The van der Waals surface area contributed by atoms with Gasteiger partial charge in [-0.05, 0) is 31.0 Å². The minimum absolute atomic E-state index is 0.0580. The Hall–Kier alpha value is -3.30. The predicted molar refractivity (Wildman–Crippen MR) is 123 cm³/mol. The zero-order valence-electron chi connectivity index (χ0n) is 17.6. The van der Waals surface area contributed by atoms with E-state index in [0.29, 0.717) is 17.2 Å². The first-order valence-electron chi connectivity index (χ1n) is 10.6. The molecule has 164 valence electrons. The van der Waals surface area contributed by atoms with Crippen molar-refractivity contribution in [2.75, 3.05) is 5.32 Å². The minimum Gasteiger partial charge on any atom is -0.457 e. The number of carbonyl (C=O) groups is 1. The molecule has 1 fully saturated rings. The van der Waals surface area contributed by atoms with Crippen LogP contribution >= 0.6 is 11.3 Å². The Balaban J connectivity index is 1.33. The fraction of sp³-hybridized carbons (Fsp3) is 0.304. The Labute approximate surface area is 188 Å². The summed E-state index contributed by atoms with van der Waals surface area (Å²) in [6.07, 6.45) is 8.60. The van der Waals surface area contributed by atoms with Gasteiger partial charge in [0.1, 0.15) is 11.5 Å². The molecule has 0 bridgehead atoms. The highest BCUT2D eigenvalue weighted by Crippen LogP contribution is 2.33. The minimum atomic E-state index is -0.321. The molecule has 3 heterocycles. The smallest absolute Gasteiger partial charge is 0.243 e. The van der Waals surface area contributed by atoms with E-state index >= 15 is 0 Å². The summed E-state index contributed by atoms with van der Waals surface area (Å²) in [5.41, 5.74) is 2.30. The molecular formula is C23H23N5O3S. The van der Waals surface area contributed by atoms with Crippen LogP contribution in [0.2, 0.25) is 0 Å². The molecule has 4 aromatic rings. The van der Waals surface area contributed by atoms with Crippen LogP contribution in [0.4, 0.5) is 5.13 Å². The van der Waals surface area contributed by atoms with Crippen molar-refractivity contribution in [1.29, 1.82) is 0 Å². The Morgan fingerprint density at radius 1 is 1.22 bits per heavy atom. The molecule has 32 heavy (non-hydrogen) atoms. The molecule has 0 unspecified atom stereocenters. The number of aromatic nitrogens is 4. The molecule has 0 aliphatic heterocycles. The van der Waals surface area contributed by atoms with Gasteiger partial charge in [-0.3, -0.25) is 9.78 Å². The quantitative estimate of drug-likeness (QED) is 0.454. The van der Waals surface area contributed by atoms with E-state index in [2.05, 4.69) is 20.4 Å². The molecule has 5 rings (SSSR count). The fourth-order valence-corrected chi connectivity index (χ4v) is 4.82. The van der Waals surface area contributed by atoms with Crippen molar-refractivity contribution < 1.29 is 14.6 Å². The molecule has 1 saturated carbocycles. The first-order valence-corrected chi connectivity index (χ1v) is 11.4. The number of nitrogens with one attached hydrogen (secondary N) is 1. The van der Waals surface area contributed by atoms with Crippen LogP contribution in [0.25, 0.3) is 21.5 Å². The number of thiazole rings is 1. The summed E-state index contributed by atoms with van der Waals surface area (Å²) in [5.74, 6) is 1.17. The van der Waals surface area contributed by atoms with E-state index in [9.17, 15) is 9.90 Å². The number of ether oxygens (including phenoxy) is 1. The molecule has 2 atom stereocenters.